The predicted octanol–water partition coefficient (Wildman–Crippen LogP) is 3.15. The van der Waals surface area contributed by atoms with Crippen molar-refractivity contribution >= 4 is 27.5 Å². The lowest BCUT2D eigenvalue weighted by molar-refractivity contribution is 0.0628. The second-order valence-corrected chi connectivity index (χ2v) is 6.14. The van der Waals surface area contributed by atoms with Crippen LogP contribution in [0.5, 0.6) is 0 Å². The summed E-state index contributed by atoms with van der Waals surface area (Å²) in [4.78, 5) is 14.4. The molecule has 0 aromatic heterocycles. The Morgan fingerprint density at radius 2 is 2.11 bits per heavy atom. The molecule has 1 aromatic rings. The van der Waals surface area contributed by atoms with Gasteiger partial charge in [-0.3, -0.25) is 4.79 Å². The molecule has 18 heavy (non-hydrogen) atoms. The molecule has 2 rings (SSSR count). The van der Waals surface area contributed by atoms with Crippen molar-refractivity contribution in [3.05, 3.63) is 28.2 Å². The highest BCUT2D eigenvalue weighted by Crippen LogP contribution is 2.26. The second-order valence-electron chi connectivity index (χ2n) is 5.23. The lowest BCUT2D eigenvalue weighted by Gasteiger charge is -2.35. The summed E-state index contributed by atoms with van der Waals surface area (Å²) in [6, 6.07) is 5.43. The van der Waals surface area contributed by atoms with Crippen LogP contribution in [-0.2, 0) is 0 Å². The van der Waals surface area contributed by atoms with E-state index < -0.39 is 0 Å². The summed E-state index contributed by atoms with van der Waals surface area (Å²) in [7, 11) is 0. The van der Waals surface area contributed by atoms with Crippen LogP contribution in [0.15, 0.2) is 22.7 Å². The normalized spacial score (nSPS) is 24.1. The monoisotopic (exact) mass is 310 g/mol. The van der Waals surface area contributed by atoms with Crippen molar-refractivity contribution in [3.63, 3.8) is 0 Å². The Kier molecular flexibility index (Phi) is 3.95. The zero-order valence-electron chi connectivity index (χ0n) is 10.8. The molecule has 1 amide bonds. The maximum absolute atomic E-state index is 12.5. The highest BCUT2D eigenvalue weighted by molar-refractivity contribution is 9.10. The van der Waals surface area contributed by atoms with Gasteiger partial charge in [0.1, 0.15) is 0 Å². The molecule has 1 aliphatic rings. The van der Waals surface area contributed by atoms with Gasteiger partial charge < -0.3 is 10.6 Å². The van der Waals surface area contributed by atoms with Crippen LogP contribution in [0, 0.1) is 11.8 Å². The van der Waals surface area contributed by atoms with Crippen LogP contribution in [-0.4, -0.2) is 23.9 Å². The van der Waals surface area contributed by atoms with E-state index in [1.54, 1.807) is 12.1 Å². The van der Waals surface area contributed by atoms with Gasteiger partial charge in [-0.15, -0.1) is 0 Å². The second kappa shape index (κ2) is 5.31. The van der Waals surface area contributed by atoms with Gasteiger partial charge in [-0.25, -0.2) is 0 Å². The lowest BCUT2D eigenvalue weighted by atomic mass is 9.88. The summed E-state index contributed by atoms with van der Waals surface area (Å²) in [6.45, 7) is 6.11. The lowest BCUT2D eigenvalue weighted by Crippen LogP contribution is -2.42. The summed E-state index contributed by atoms with van der Waals surface area (Å²) < 4.78 is 0.887. The quantitative estimate of drug-likeness (QED) is 0.810. The number of benzene rings is 1. The first-order valence-corrected chi connectivity index (χ1v) is 7.12. The molecule has 1 fully saturated rings. The Morgan fingerprint density at radius 3 is 2.78 bits per heavy atom. The summed E-state index contributed by atoms with van der Waals surface area (Å²) in [5.74, 6) is 1.29. The van der Waals surface area contributed by atoms with Gasteiger partial charge >= 0.3 is 0 Å². The molecule has 0 aliphatic carbocycles. The van der Waals surface area contributed by atoms with Crippen LogP contribution in [0.25, 0.3) is 0 Å². The summed E-state index contributed by atoms with van der Waals surface area (Å²) >= 11 is 3.38. The van der Waals surface area contributed by atoms with Gasteiger partial charge in [0.2, 0.25) is 0 Å². The molecule has 4 heteroatoms. The number of likely N-dealkylation sites (tertiary alicyclic amines) is 1. The number of nitrogens with zero attached hydrogens (tertiary/aromatic N) is 1. The molecular weight excluding hydrogens is 292 g/mol. The number of carbonyl (C=O) groups excluding carboxylic acids is 1. The Labute approximate surface area is 116 Å². The molecule has 0 spiro atoms. The number of nitrogens with two attached hydrogens (primary N) is 1. The number of piperidine rings is 1. The number of anilines is 1. The predicted molar refractivity (Wildman–Crippen MR) is 77.4 cm³/mol. The number of hydrogen-bond acceptors (Lipinski definition) is 2. The van der Waals surface area contributed by atoms with Crippen molar-refractivity contribution in [2.45, 2.75) is 20.3 Å². The van der Waals surface area contributed by atoms with Gasteiger partial charge in [-0.05, 0) is 36.5 Å². The third-order valence-corrected chi connectivity index (χ3v) is 4.36. The molecular formula is C14H19BrN2O. The number of hydrogen-bond donors (Lipinski definition) is 1. The van der Waals surface area contributed by atoms with Gasteiger partial charge in [0.05, 0.1) is 5.56 Å². The van der Waals surface area contributed by atoms with E-state index in [0.29, 0.717) is 23.1 Å². The fourth-order valence-corrected chi connectivity index (χ4v) is 2.69. The van der Waals surface area contributed by atoms with Crippen molar-refractivity contribution in [2.24, 2.45) is 11.8 Å². The first-order chi connectivity index (χ1) is 8.49. The van der Waals surface area contributed by atoms with Gasteiger partial charge in [0.25, 0.3) is 5.91 Å². The standard InChI is InChI=1S/C14H19BrN2O/c1-9-5-6-17(8-10(9)2)14(18)12-7-11(15)3-4-13(12)16/h3-4,7,9-10H,5-6,8,16H2,1-2H3. The van der Waals surface area contributed by atoms with Crippen molar-refractivity contribution in [3.8, 4) is 0 Å². The van der Waals surface area contributed by atoms with Gasteiger partial charge in [-0.1, -0.05) is 29.8 Å². The molecule has 1 aliphatic heterocycles. The van der Waals surface area contributed by atoms with Gasteiger partial charge in [0.15, 0.2) is 0 Å². The van der Waals surface area contributed by atoms with Gasteiger partial charge in [-0.2, -0.15) is 0 Å². The van der Waals surface area contributed by atoms with Crippen LogP contribution in [0.3, 0.4) is 0 Å². The highest BCUT2D eigenvalue weighted by Gasteiger charge is 2.27. The van der Waals surface area contributed by atoms with Crippen molar-refractivity contribution in [1.82, 2.24) is 4.90 Å². The molecule has 0 saturated carbocycles. The smallest absolute Gasteiger partial charge is 0.255 e. The molecule has 1 aromatic carbocycles. The molecule has 2 unspecified atom stereocenters. The van der Waals surface area contributed by atoms with E-state index in [4.69, 9.17) is 5.73 Å². The number of carbonyl (C=O) groups is 1. The summed E-state index contributed by atoms with van der Waals surface area (Å²) in [5, 5.41) is 0. The van der Waals surface area contributed by atoms with E-state index >= 15 is 0 Å². The average Bonchev–Trinajstić information content (AvgIpc) is 2.35. The molecule has 98 valence electrons. The Balaban J connectivity index is 2.19. The first-order valence-electron chi connectivity index (χ1n) is 6.33. The molecule has 1 heterocycles. The van der Waals surface area contributed by atoms with Crippen molar-refractivity contribution in [1.29, 1.82) is 0 Å². The molecule has 2 N–H and O–H groups in total. The van der Waals surface area contributed by atoms with Crippen molar-refractivity contribution in [2.75, 3.05) is 18.8 Å². The summed E-state index contributed by atoms with van der Waals surface area (Å²) in [6.07, 6.45) is 1.07. The van der Waals surface area contributed by atoms with E-state index in [-0.39, 0.29) is 5.91 Å². The van der Waals surface area contributed by atoms with Crippen LogP contribution >= 0.6 is 15.9 Å². The Hall–Kier alpha value is -1.03. The topological polar surface area (TPSA) is 46.3 Å². The van der Waals surface area contributed by atoms with E-state index in [9.17, 15) is 4.79 Å². The minimum Gasteiger partial charge on any atom is -0.398 e. The van der Waals surface area contributed by atoms with Crippen LogP contribution in [0.1, 0.15) is 30.6 Å². The van der Waals surface area contributed by atoms with E-state index in [1.807, 2.05) is 11.0 Å². The fourth-order valence-electron chi connectivity index (χ4n) is 2.33. The van der Waals surface area contributed by atoms with Crippen LogP contribution in [0.4, 0.5) is 5.69 Å². The number of rotatable bonds is 1. The van der Waals surface area contributed by atoms with E-state index in [0.717, 1.165) is 24.0 Å². The maximum Gasteiger partial charge on any atom is 0.255 e. The number of nitrogen functional groups attached to an aromatic ring is 1. The Bertz CT molecular complexity index is 461. The minimum absolute atomic E-state index is 0.0487. The first kappa shape index (κ1) is 13.4. The maximum atomic E-state index is 12.5. The third kappa shape index (κ3) is 2.69. The molecule has 3 nitrogen and oxygen atoms in total. The zero-order valence-corrected chi connectivity index (χ0v) is 12.4. The average molecular weight is 311 g/mol. The molecule has 0 bridgehead atoms. The number of amides is 1. The van der Waals surface area contributed by atoms with Crippen LogP contribution in [0.2, 0.25) is 0 Å². The SMILES string of the molecule is CC1CCN(C(=O)c2cc(Br)ccc2N)CC1C. The van der Waals surface area contributed by atoms with Gasteiger partial charge in [0, 0.05) is 23.2 Å². The minimum atomic E-state index is 0.0487. The van der Waals surface area contributed by atoms with E-state index in [1.165, 1.54) is 0 Å². The summed E-state index contributed by atoms with van der Waals surface area (Å²) in [5.41, 5.74) is 7.04. The molecule has 2 atom stereocenters. The molecule has 1 saturated heterocycles. The molecule has 0 radical (unpaired) electrons. The van der Waals surface area contributed by atoms with Crippen LogP contribution < -0.4 is 5.73 Å². The van der Waals surface area contributed by atoms with Crippen molar-refractivity contribution < 1.29 is 4.79 Å². The highest BCUT2D eigenvalue weighted by atomic mass is 79.9. The fraction of sp³-hybridized carbons (Fsp3) is 0.500. The van der Waals surface area contributed by atoms with E-state index in [2.05, 4.69) is 29.8 Å². The Morgan fingerprint density at radius 1 is 1.39 bits per heavy atom. The zero-order chi connectivity index (χ0) is 13.3. The largest absolute Gasteiger partial charge is 0.398 e. The number of halogens is 1. The third-order valence-electron chi connectivity index (χ3n) is 3.87.